The molecule has 15 heavy (non-hydrogen) atoms. The lowest BCUT2D eigenvalue weighted by molar-refractivity contribution is 0.623. The Bertz CT molecular complexity index is 556. The van der Waals surface area contributed by atoms with Crippen molar-refractivity contribution in [1.82, 2.24) is 15.0 Å². The fraction of sp³-hybridized carbons (Fsp3) is 0. The molecule has 0 aliphatic heterocycles. The van der Waals surface area contributed by atoms with Gasteiger partial charge in [0.2, 0.25) is 0 Å². The summed E-state index contributed by atoms with van der Waals surface area (Å²) >= 11 is 0. The molecule has 0 amide bonds. The van der Waals surface area contributed by atoms with Crippen molar-refractivity contribution in [2.24, 2.45) is 0 Å². The average Bonchev–Trinajstić information content (AvgIpc) is 2.74. The van der Waals surface area contributed by atoms with Gasteiger partial charge >= 0.3 is 0 Å². The van der Waals surface area contributed by atoms with E-state index in [9.17, 15) is 0 Å². The SMILES string of the molecule is c1cnc(-c2cc3ccncc3o2)nc1. The van der Waals surface area contributed by atoms with Crippen molar-refractivity contribution in [3.8, 4) is 11.6 Å². The van der Waals surface area contributed by atoms with E-state index in [2.05, 4.69) is 15.0 Å². The molecular weight excluding hydrogens is 190 g/mol. The molecular formula is C11H7N3O. The third-order valence-electron chi connectivity index (χ3n) is 2.11. The van der Waals surface area contributed by atoms with Gasteiger partial charge in [-0.15, -0.1) is 0 Å². The summed E-state index contributed by atoms with van der Waals surface area (Å²) in [5, 5.41) is 1.01. The quantitative estimate of drug-likeness (QED) is 0.600. The van der Waals surface area contributed by atoms with Gasteiger partial charge in [0.1, 0.15) is 0 Å². The topological polar surface area (TPSA) is 51.8 Å². The van der Waals surface area contributed by atoms with Crippen LogP contribution in [-0.4, -0.2) is 15.0 Å². The lowest BCUT2D eigenvalue weighted by Crippen LogP contribution is -1.82. The van der Waals surface area contributed by atoms with Crippen molar-refractivity contribution in [3.05, 3.63) is 43.0 Å². The predicted octanol–water partition coefficient (Wildman–Crippen LogP) is 2.28. The number of pyridine rings is 1. The number of hydrogen-bond acceptors (Lipinski definition) is 4. The fourth-order valence-electron chi connectivity index (χ4n) is 1.42. The lowest BCUT2D eigenvalue weighted by Gasteiger charge is -1.91. The summed E-state index contributed by atoms with van der Waals surface area (Å²) in [5.41, 5.74) is 0.750. The minimum Gasteiger partial charge on any atom is -0.451 e. The molecule has 0 aliphatic carbocycles. The number of rotatable bonds is 1. The Morgan fingerprint density at radius 1 is 1.07 bits per heavy atom. The van der Waals surface area contributed by atoms with E-state index >= 15 is 0 Å². The maximum atomic E-state index is 5.57. The summed E-state index contributed by atoms with van der Waals surface area (Å²) in [5.74, 6) is 1.26. The molecule has 0 aliphatic rings. The average molecular weight is 197 g/mol. The highest BCUT2D eigenvalue weighted by Gasteiger charge is 2.07. The van der Waals surface area contributed by atoms with Gasteiger partial charge in [-0.25, -0.2) is 9.97 Å². The lowest BCUT2D eigenvalue weighted by atomic mass is 10.3. The number of furan rings is 1. The van der Waals surface area contributed by atoms with Crippen molar-refractivity contribution >= 4 is 11.0 Å². The molecule has 3 aromatic heterocycles. The van der Waals surface area contributed by atoms with Crippen LogP contribution in [0, 0.1) is 0 Å². The van der Waals surface area contributed by atoms with E-state index in [1.54, 1.807) is 30.9 Å². The second kappa shape index (κ2) is 3.16. The van der Waals surface area contributed by atoms with E-state index < -0.39 is 0 Å². The zero-order valence-corrected chi connectivity index (χ0v) is 7.79. The third-order valence-corrected chi connectivity index (χ3v) is 2.11. The minimum atomic E-state index is 0.591. The standard InChI is InChI=1S/C11H7N3O/c1-3-13-11(14-4-1)9-6-8-2-5-12-7-10(8)15-9/h1-7H. The summed E-state index contributed by atoms with van der Waals surface area (Å²) in [6.45, 7) is 0. The van der Waals surface area contributed by atoms with Crippen molar-refractivity contribution in [2.45, 2.75) is 0 Å². The van der Waals surface area contributed by atoms with Gasteiger partial charge in [0, 0.05) is 24.0 Å². The molecule has 0 aromatic carbocycles. The highest BCUT2D eigenvalue weighted by molar-refractivity contribution is 5.80. The molecule has 4 heteroatoms. The molecule has 0 unspecified atom stereocenters. The largest absolute Gasteiger partial charge is 0.451 e. The summed E-state index contributed by atoms with van der Waals surface area (Å²) in [6.07, 6.45) is 6.79. The van der Waals surface area contributed by atoms with Crippen LogP contribution in [0.5, 0.6) is 0 Å². The Kier molecular flexibility index (Phi) is 1.71. The summed E-state index contributed by atoms with van der Waals surface area (Å²) in [7, 11) is 0. The maximum absolute atomic E-state index is 5.57. The normalized spacial score (nSPS) is 10.7. The number of nitrogens with zero attached hydrogens (tertiary/aromatic N) is 3. The van der Waals surface area contributed by atoms with Crippen molar-refractivity contribution < 1.29 is 4.42 Å². The predicted molar refractivity (Wildman–Crippen MR) is 55.0 cm³/mol. The maximum Gasteiger partial charge on any atom is 0.195 e. The Balaban J connectivity index is 2.21. The molecule has 0 saturated heterocycles. The molecule has 0 N–H and O–H groups in total. The Morgan fingerprint density at radius 3 is 2.73 bits per heavy atom. The van der Waals surface area contributed by atoms with Crippen LogP contribution in [0.4, 0.5) is 0 Å². The van der Waals surface area contributed by atoms with Crippen LogP contribution in [0.15, 0.2) is 47.4 Å². The van der Waals surface area contributed by atoms with Crippen LogP contribution in [0.1, 0.15) is 0 Å². The van der Waals surface area contributed by atoms with Gasteiger partial charge in [0.25, 0.3) is 0 Å². The van der Waals surface area contributed by atoms with Gasteiger partial charge < -0.3 is 4.42 Å². The van der Waals surface area contributed by atoms with Crippen molar-refractivity contribution in [2.75, 3.05) is 0 Å². The highest BCUT2D eigenvalue weighted by atomic mass is 16.3. The number of hydrogen-bond donors (Lipinski definition) is 0. The zero-order valence-electron chi connectivity index (χ0n) is 7.79. The minimum absolute atomic E-state index is 0.591. The fourth-order valence-corrected chi connectivity index (χ4v) is 1.42. The first-order valence-electron chi connectivity index (χ1n) is 4.54. The molecule has 72 valence electrons. The van der Waals surface area contributed by atoms with Crippen LogP contribution in [0.3, 0.4) is 0 Å². The van der Waals surface area contributed by atoms with Gasteiger partial charge in [-0.05, 0) is 18.2 Å². The first kappa shape index (κ1) is 8.11. The van der Waals surface area contributed by atoms with E-state index in [-0.39, 0.29) is 0 Å². The molecule has 0 radical (unpaired) electrons. The molecule has 3 aromatic rings. The smallest absolute Gasteiger partial charge is 0.195 e. The van der Waals surface area contributed by atoms with Gasteiger partial charge in [0.05, 0.1) is 6.20 Å². The number of aromatic nitrogens is 3. The van der Waals surface area contributed by atoms with E-state index in [1.807, 2.05) is 12.1 Å². The van der Waals surface area contributed by atoms with E-state index in [0.29, 0.717) is 11.6 Å². The van der Waals surface area contributed by atoms with Gasteiger partial charge in [-0.2, -0.15) is 0 Å². The van der Waals surface area contributed by atoms with Gasteiger partial charge in [-0.1, -0.05) is 0 Å². The molecule has 3 heterocycles. The molecule has 0 saturated carbocycles. The van der Waals surface area contributed by atoms with Crippen molar-refractivity contribution in [1.29, 1.82) is 0 Å². The summed E-state index contributed by atoms with van der Waals surface area (Å²) in [4.78, 5) is 12.2. The molecule has 0 fully saturated rings. The van der Waals surface area contributed by atoms with Crippen LogP contribution >= 0.6 is 0 Å². The Hall–Kier alpha value is -2.23. The summed E-state index contributed by atoms with van der Waals surface area (Å²) in [6, 6.07) is 5.57. The second-order valence-electron chi connectivity index (χ2n) is 3.10. The Morgan fingerprint density at radius 2 is 1.93 bits per heavy atom. The first-order chi connectivity index (χ1) is 7.43. The van der Waals surface area contributed by atoms with Crippen LogP contribution in [0.2, 0.25) is 0 Å². The molecule has 0 spiro atoms. The van der Waals surface area contributed by atoms with Crippen LogP contribution < -0.4 is 0 Å². The molecule has 4 nitrogen and oxygen atoms in total. The van der Waals surface area contributed by atoms with Gasteiger partial charge in [0.15, 0.2) is 17.2 Å². The first-order valence-corrected chi connectivity index (χ1v) is 4.54. The van der Waals surface area contributed by atoms with Crippen molar-refractivity contribution in [3.63, 3.8) is 0 Å². The third kappa shape index (κ3) is 1.36. The van der Waals surface area contributed by atoms with E-state index in [4.69, 9.17) is 4.42 Å². The molecule has 0 bridgehead atoms. The van der Waals surface area contributed by atoms with Crippen LogP contribution in [-0.2, 0) is 0 Å². The molecule has 0 atom stereocenters. The highest BCUT2D eigenvalue weighted by Crippen LogP contribution is 2.23. The van der Waals surface area contributed by atoms with Crippen LogP contribution in [0.25, 0.3) is 22.6 Å². The zero-order chi connectivity index (χ0) is 10.1. The van der Waals surface area contributed by atoms with Gasteiger partial charge in [-0.3, -0.25) is 4.98 Å². The molecule has 3 rings (SSSR count). The van der Waals surface area contributed by atoms with E-state index in [1.165, 1.54) is 0 Å². The second-order valence-corrected chi connectivity index (χ2v) is 3.10. The Labute approximate surface area is 85.6 Å². The number of fused-ring (bicyclic) bond motifs is 1. The summed E-state index contributed by atoms with van der Waals surface area (Å²) < 4.78 is 5.57. The monoisotopic (exact) mass is 197 g/mol. The van der Waals surface area contributed by atoms with E-state index in [0.717, 1.165) is 11.0 Å².